The van der Waals surface area contributed by atoms with E-state index < -0.39 is 15.1 Å². The van der Waals surface area contributed by atoms with Crippen molar-refractivity contribution in [1.29, 1.82) is 0 Å². The topological polar surface area (TPSA) is 84.8 Å². The van der Waals surface area contributed by atoms with Crippen LogP contribution in [-0.4, -0.2) is 24.6 Å². The molecule has 0 aromatic carbocycles. The molecule has 0 heterocycles. The van der Waals surface area contributed by atoms with Crippen LogP contribution >= 0.6 is 15.1 Å². The average molecular weight is 186 g/mol. The molecule has 2 atom stereocenters. The molecule has 2 unspecified atom stereocenters. The lowest BCUT2D eigenvalue weighted by Gasteiger charge is -2.36. The lowest BCUT2D eigenvalue weighted by atomic mass is 11.8. The third kappa shape index (κ3) is 5.21. The van der Waals surface area contributed by atoms with Gasteiger partial charge in [0.05, 0.1) is 0 Å². The molecule has 0 aromatic rings. The Kier molecular flexibility index (Phi) is 3.33. The van der Waals surface area contributed by atoms with Crippen molar-refractivity contribution in [1.82, 2.24) is 0 Å². The molecule has 0 aliphatic carbocycles. The summed E-state index contributed by atoms with van der Waals surface area (Å²) < 4.78 is 8.16. The summed E-state index contributed by atoms with van der Waals surface area (Å²) in [6, 6.07) is 0. The Balaban J connectivity index is 4.17. The quantitative estimate of drug-likeness (QED) is 0.556. The minimum absolute atomic E-state index is 1.06. The fourth-order valence-electron chi connectivity index (χ4n) is 0.228. The van der Waals surface area contributed by atoms with E-state index in [0.29, 0.717) is 0 Å². The van der Waals surface area contributed by atoms with Gasteiger partial charge in [-0.25, -0.2) is 0 Å². The van der Waals surface area contributed by atoms with Crippen molar-refractivity contribution >= 4 is 27.7 Å². The van der Waals surface area contributed by atoms with Gasteiger partial charge >= 0.3 is 0 Å². The van der Waals surface area contributed by atoms with E-state index >= 15 is 0 Å². The molecule has 0 saturated heterocycles. The molecule has 0 amide bonds. The predicted octanol–water partition coefficient (Wildman–Crippen LogP) is -1.25. The average Bonchev–Trinajstić information content (AvgIpc) is 1.60. The van der Waals surface area contributed by atoms with Crippen LogP contribution < -0.4 is 9.79 Å². The molecule has 0 aliphatic heterocycles. The Bertz CT molecular complexity index is 193. The first-order valence-electron chi connectivity index (χ1n) is 2.15. The number of hydrogen-bond donors (Lipinski definition) is 1. The van der Waals surface area contributed by atoms with Gasteiger partial charge in [-0.05, 0) is 0 Å². The van der Waals surface area contributed by atoms with E-state index in [1.807, 2.05) is 0 Å². The fourth-order valence-corrected chi connectivity index (χ4v) is 2.05. The van der Waals surface area contributed by atoms with Crippen molar-refractivity contribution in [3.63, 3.8) is 0 Å². The fraction of sp³-hybridized carbons (Fsp3) is 0.333. The van der Waals surface area contributed by atoms with E-state index in [9.17, 15) is 9.79 Å². The van der Waals surface area contributed by atoms with Gasteiger partial charge < -0.3 is 23.5 Å². The van der Waals surface area contributed by atoms with Crippen LogP contribution in [0, 0.1) is 0 Å². The normalized spacial score (nSPS) is 23.2. The summed E-state index contributed by atoms with van der Waals surface area (Å²) in [6.45, 7) is 0. The molecular weight excluding hydrogens is 178 g/mol. The molecule has 5 nitrogen and oxygen atoms in total. The zero-order valence-corrected chi connectivity index (χ0v) is 7.18. The highest BCUT2D eigenvalue weighted by Gasteiger charge is 2.00. The number of hydrogen-bond acceptors (Lipinski definition) is 5. The Labute approximate surface area is 59.3 Å². The van der Waals surface area contributed by atoms with Crippen molar-refractivity contribution in [3.8, 4) is 0 Å². The maximum atomic E-state index is 10.7. The third-order valence-corrected chi connectivity index (χ3v) is 3.10. The van der Waals surface area contributed by atoms with Gasteiger partial charge in [-0.3, -0.25) is 0 Å². The summed E-state index contributed by atoms with van der Waals surface area (Å²) in [5, 5.41) is 0. The van der Waals surface area contributed by atoms with E-state index in [0.717, 1.165) is 7.11 Å². The lowest BCUT2D eigenvalue weighted by molar-refractivity contribution is -0.219. The molecule has 1 N–H and O–H groups in total. The molecule has 0 fully saturated rings. The molecule has 0 aromatic heterocycles. The van der Waals surface area contributed by atoms with E-state index in [4.69, 9.17) is 4.89 Å². The first-order chi connectivity index (χ1) is 4.27. The standard InChI is InChI=1S/C3H8O5P2/c1-7-10(3,6)8-9(2,4)5/h2-3H2,1H3,(H-2,4,5,6)/q-2. The second-order valence-electron chi connectivity index (χ2n) is 1.51. The number of rotatable bonds is 3. The zero-order chi connectivity index (χ0) is 8.41. The highest BCUT2D eigenvalue weighted by atomic mass is 31.3. The highest BCUT2D eigenvalue weighted by Crippen LogP contribution is 2.50. The van der Waals surface area contributed by atoms with E-state index in [-0.39, 0.29) is 0 Å². The van der Waals surface area contributed by atoms with Crippen LogP contribution in [0.25, 0.3) is 0 Å². The first kappa shape index (κ1) is 10.4. The van der Waals surface area contributed by atoms with Crippen molar-refractivity contribution in [2.45, 2.75) is 0 Å². The molecule has 7 heteroatoms. The molecular formula is C3H8O5P2-2. The molecule has 0 rings (SSSR count). The van der Waals surface area contributed by atoms with E-state index in [1.165, 1.54) is 0 Å². The minimum Gasteiger partial charge on any atom is -0.789 e. The van der Waals surface area contributed by atoms with Gasteiger partial charge in [-0.2, -0.15) is 0 Å². The Morgan fingerprint density at radius 2 is 1.80 bits per heavy atom. The van der Waals surface area contributed by atoms with Crippen molar-refractivity contribution < 1.29 is 23.5 Å². The lowest BCUT2D eigenvalue weighted by Crippen LogP contribution is -2.10. The largest absolute Gasteiger partial charge is 0.789 e. The van der Waals surface area contributed by atoms with Crippen LogP contribution in [0.3, 0.4) is 0 Å². The Morgan fingerprint density at radius 1 is 1.40 bits per heavy atom. The van der Waals surface area contributed by atoms with Crippen LogP contribution in [0.4, 0.5) is 0 Å². The van der Waals surface area contributed by atoms with Crippen molar-refractivity contribution in [3.05, 3.63) is 0 Å². The van der Waals surface area contributed by atoms with Gasteiger partial charge in [0.15, 0.2) is 0 Å². The maximum absolute atomic E-state index is 10.7. The van der Waals surface area contributed by atoms with Gasteiger partial charge in [0.25, 0.3) is 0 Å². The summed E-state index contributed by atoms with van der Waals surface area (Å²) in [5.41, 5.74) is 0. The third-order valence-electron chi connectivity index (χ3n) is 0.530. The molecule has 0 spiro atoms. The Hall–Kier alpha value is 0.400. The second-order valence-corrected chi connectivity index (χ2v) is 5.03. The van der Waals surface area contributed by atoms with Crippen LogP contribution in [0.15, 0.2) is 0 Å². The SMILES string of the molecule is C=P([O-])(O)OP(=C)([O-])OC. The summed E-state index contributed by atoms with van der Waals surface area (Å²) in [6.07, 6.45) is 5.61. The smallest absolute Gasteiger partial charge is 0.0496 e. The first-order valence-corrected chi connectivity index (χ1v) is 5.64. The van der Waals surface area contributed by atoms with Crippen LogP contribution in [-0.2, 0) is 8.83 Å². The summed E-state index contributed by atoms with van der Waals surface area (Å²) in [5.74, 6) is 0. The molecule has 0 radical (unpaired) electrons. The molecule has 62 valence electrons. The molecule has 0 saturated carbocycles. The molecule has 10 heavy (non-hydrogen) atoms. The van der Waals surface area contributed by atoms with Crippen molar-refractivity contribution in [2.75, 3.05) is 7.11 Å². The maximum Gasteiger partial charge on any atom is 0.0496 e. The monoisotopic (exact) mass is 186 g/mol. The predicted molar refractivity (Wildman–Crippen MR) is 38.4 cm³/mol. The highest BCUT2D eigenvalue weighted by molar-refractivity contribution is 7.69. The van der Waals surface area contributed by atoms with Gasteiger partial charge in [0.2, 0.25) is 0 Å². The van der Waals surface area contributed by atoms with Gasteiger partial charge in [-0.1, -0.05) is 12.6 Å². The van der Waals surface area contributed by atoms with Crippen LogP contribution in [0.1, 0.15) is 0 Å². The van der Waals surface area contributed by atoms with E-state index in [2.05, 4.69) is 21.4 Å². The molecule has 0 aliphatic rings. The van der Waals surface area contributed by atoms with Crippen molar-refractivity contribution in [2.24, 2.45) is 0 Å². The molecule has 0 bridgehead atoms. The van der Waals surface area contributed by atoms with E-state index in [1.54, 1.807) is 0 Å². The Morgan fingerprint density at radius 3 is 1.90 bits per heavy atom. The van der Waals surface area contributed by atoms with Gasteiger partial charge in [0.1, 0.15) is 0 Å². The van der Waals surface area contributed by atoms with Gasteiger partial charge in [0, 0.05) is 22.2 Å². The minimum atomic E-state index is -4.00. The van der Waals surface area contributed by atoms with Gasteiger partial charge in [-0.15, -0.1) is 0 Å². The zero-order valence-electron chi connectivity index (χ0n) is 5.39. The van der Waals surface area contributed by atoms with Crippen LogP contribution in [0.2, 0.25) is 0 Å². The second kappa shape index (κ2) is 3.20. The summed E-state index contributed by atoms with van der Waals surface area (Å²) in [4.78, 5) is 29.4. The summed E-state index contributed by atoms with van der Waals surface area (Å²) in [7, 11) is -6.57. The summed E-state index contributed by atoms with van der Waals surface area (Å²) >= 11 is 0. The van der Waals surface area contributed by atoms with Crippen LogP contribution in [0.5, 0.6) is 0 Å².